The lowest BCUT2D eigenvalue weighted by Crippen LogP contribution is -2.31. The molecule has 0 amide bonds. The number of hydrogen-bond acceptors (Lipinski definition) is 5. The maximum atomic E-state index is 12.3. The Bertz CT molecular complexity index is 711. The number of hydrogen-bond donors (Lipinski definition) is 2. The minimum absolute atomic E-state index is 0.0691. The van der Waals surface area contributed by atoms with Crippen molar-refractivity contribution in [3.05, 3.63) is 35.2 Å². The highest BCUT2D eigenvalue weighted by Crippen LogP contribution is 2.41. The van der Waals surface area contributed by atoms with Gasteiger partial charge in [0.2, 0.25) is 0 Å². The minimum atomic E-state index is -0.918. The zero-order chi connectivity index (χ0) is 14.4. The van der Waals surface area contributed by atoms with E-state index < -0.39 is 12.2 Å². The molecule has 1 unspecified atom stereocenters. The van der Waals surface area contributed by atoms with E-state index in [4.69, 9.17) is 4.74 Å². The van der Waals surface area contributed by atoms with Gasteiger partial charge in [-0.25, -0.2) is 0 Å². The molecular weight excluding hydrogens is 258 g/mol. The van der Waals surface area contributed by atoms with Crippen molar-refractivity contribution in [1.82, 2.24) is 4.98 Å². The van der Waals surface area contributed by atoms with Gasteiger partial charge in [-0.15, -0.1) is 0 Å². The van der Waals surface area contributed by atoms with Crippen molar-refractivity contribution in [2.45, 2.75) is 25.6 Å². The molecule has 1 aromatic heterocycles. The summed E-state index contributed by atoms with van der Waals surface area (Å²) in [4.78, 5) is 16.5. The monoisotopic (exact) mass is 273 g/mol. The zero-order valence-corrected chi connectivity index (χ0v) is 11.3. The highest BCUT2D eigenvalue weighted by molar-refractivity contribution is 6.07. The predicted molar refractivity (Wildman–Crippen MR) is 72.8 cm³/mol. The molecule has 1 aromatic carbocycles. The number of aromatic hydroxyl groups is 1. The molecule has 0 radical (unpaired) electrons. The second-order valence-corrected chi connectivity index (χ2v) is 5.07. The number of rotatable bonds is 1. The number of aliphatic hydroxyl groups excluding tert-OH is 1. The van der Waals surface area contributed by atoms with Crippen molar-refractivity contribution in [2.75, 3.05) is 7.11 Å². The number of carbonyl (C=O) groups is 1. The van der Waals surface area contributed by atoms with Gasteiger partial charge in [0, 0.05) is 41.9 Å². The van der Waals surface area contributed by atoms with Gasteiger partial charge in [-0.3, -0.25) is 9.78 Å². The van der Waals surface area contributed by atoms with Gasteiger partial charge in [0.1, 0.15) is 11.9 Å². The maximum Gasteiger partial charge on any atom is 0.192 e. The summed E-state index contributed by atoms with van der Waals surface area (Å²) in [5, 5.41) is 21.8. The van der Waals surface area contributed by atoms with Crippen molar-refractivity contribution in [3.8, 4) is 5.75 Å². The van der Waals surface area contributed by atoms with E-state index in [1.807, 2.05) is 6.92 Å². The number of ketones is 1. The first-order valence-corrected chi connectivity index (χ1v) is 6.40. The van der Waals surface area contributed by atoms with Gasteiger partial charge in [-0.2, -0.15) is 0 Å². The Kier molecular flexibility index (Phi) is 2.96. The van der Waals surface area contributed by atoms with Crippen LogP contribution in [0.3, 0.4) is 0 Å². The van der Waals surface area contributed by atoms with Crippen LogP contribution in [0.2, 0.25) is 0 Å². The van der Waals surface area contributed by atoms with Crippen LogP contribution in [-0.4, -0.2) is 34.2 Å². The van der Waals surface area contributed by atoms with Crippen molar-refractivity contribution < 1.29 is 19.7 Å². The van der Waals surface area contributed by atoms with Crippen LogP contribution in [0.4, 0.5) is 0 Å². The first-order valence-electron chi connectivity index (χ1n) is 6.40. The van der Waals surface area contributed by atoms with Gasteiger partial charge in [0.25, 0.3) is 0 Å². The number of Topliss-reactive ketones (excluding diaryl/α,β-unsaturated/α-hetero) is 1. The number of ether oxygens (including phenoxy) is 1. The summed E-state index contributed by atoms with van der Waals surface area (Å²) >= 11 is 0. The van der Waals surface area contributed by atoms with E-state index in [0.717, 1.165) is 11.1 Å². The second kappa shape index (κ2) is 4.54. The van der Waals surface area contributed by atoms with Crippen LogP contribution >= 0.6 is 0 Å². The number of methoxy groups -OCH3 is 1. The number of pyridine rings is 1. The Morgan fingerprint density at radius 2 is 2.15 bits per heavy atom. The number of benzene rings is 1. The van der Waals surface area contributed by atoms with E-state index in [0.29, 0.717) is 10.9 Å². The van der Waals surface area contributed by atoms with E-state index in [1.165, 1.54) is 7.11 Å². The molecule has 5 heteroatoms. The van der Waals surface area contributed by atoms with Crippen LogP contribution in [0.15, 0.2) is 18.3 Å². The number of phenolic OH excluding ortho intramolecular Hbond substituents is 1. The number of aromatic nitrogens is 1. The normalized spacial score (nSPS) is 22.1. The van der Waals surface area contributed by atoms with E-state index in [-0.39, 0.29) is 23.5 Å². The summed E-state index contributed by atoms with van der Waals surface area (Å²) in [6, 6.07) is 3.49. The maximum absolute atomic E-state index is 12.3. The number of aliphatic hydroxyl groups is 1. The molecule has 1 aliphatic carbocycles. The zero-order valence-electron chi connectivity index (χ0n) is 11.3. The molecule has 1 aliphatic rings. The quantitative estimate of drug-likeness (QED) is 0.829. The fraction of sp³-hybridized carbons (Fsp3) is 0.333. The van der Waals surface area contributed by atoms with E-state index in [2.05, 4.69) is 4.98 Å². The summed E-state index contributed by atoms with van der Waals surface area (Å²) in [5.74, 6) is -0.278. The van der Waals surface area contributed by atoms with Crippen LogP contribution in [0.5, 0.6) is 5.75 Å². The lowest BCUT2D eigenvalue weighted by molar-refractivity contribution is 0.0295. The predicted octanol–water partition coefficient (Wildman–Crippen LogP) is 1.88. The highest BCUT2D eigenvalue weighted by Gasteiger charge is 2.35. The topological polar surface area (TPSA) is 79.7 Å². The average Bonchev–Trinajstić information content (AvgIpc) is 2.42. The lowest BCUT2D eigenvalue weighted by atomic mass is 9.84. The van der Waals surface area contributed by atoms with Crippen LogP contribution in [0.1, 0.15) is 34.1 Å². The molecule has 2 N–H and O–H groups in total. The van der Waals surface area contributed by atoms with Gasteiger partial charge in [-0.05, 0) is 24.4 Å². The van der Waals surface area contributed by atoms with E-state index >= 15 is 0 Å². The van der Waals surface area contributed by atoms with Crippen LogP contribution in [0.25, 0.3) is 10.8 Å². The Hall–Kier alpha value is -1.98. The second-order valence-electron chi connectivity index (χ2n) is 5.07. The number of fused-ring (bicyclic) bond motifs is 2. The number of nitrogens with zero attached hydrogens (tertiary/aromatic N) is 1. The van der Waals surface area contributed by atoms with Gasteiger partial charge in [0.15, 0.2) is 5.78 Å². The first kappa shape index (κ1) is 13.0. The van der Waals surface area contributed by atoms with Gasteiger partial charge in [-0.1, -0.05) is 0 Å². The molecule has 2 aromatic rings. The Morgan fingerprint density at radius 3 is 2.85 bits per heavy atom. The lowest BCUT2D eigenvalue weighted by Gasteiger charge is -2.27. The average molecular weight is 273 g/mol. The third kappa shape index (κ3) is 1.78. The molecule has 0 spiro atoms. The summed E-state index contributed by atoms with van der Waals surface area (Å²) in [6.45, 7) is 1.84. The molecule has 0 saturated heterocycles. The summed E-state index contributed by atoms with van der Waals surface area (Å²) in [6.07, 6.45) is 0.122. The van der Waals surface area contributed by atoms with Gasteiger partial charge in [0.05, 0.1) is 6.10 Å². The van der Waals surface area contributed by atoms with Crippen molar-refractivity contribution in [1.29, 1.82) is 0 Å². The van der Waals surface area contributed by atoms with Crippen LogP contribution in [-0.2, 0) is 4.74 Å². The molecule has 104 valence electrons. The molecule has 20 heavy (non-hydrogen) atoms. The Morgan fingerprint density at radius 1 is 1.40 bits per heavy atom. The fourth-order valence-electron chi connectivity index (χ4n) is 2.75. The standard InChI is InChI=1S/C15H15NO4/c1-7-3-8-4-9-13(15(19)10(8)6-16-7)11(17)5-12(20-2)14(9)18/h3-4,6,11-12,17,19H,5H2,1-2H3/t11?,12-/m1/s1. The fourth-order valence-corrected chi connectivity index (χ4v) is 2.75. The van der Waals surface area contributed by atoms with Gasteiger partial charge < -0.3 is 14.9 Å². The van der Waals surface area contributed by atoms with E-state index in [1.54, 1.807) is 18.3 Å². The molecule has 0 saturated carbocycles. The molecule has 5 nitrogen and oxygen atoms in total. The Balaban J connectivity index is 2.32. The molecule has 1 heterocycles. The number of carbonyl (C=O) groups excluding carboxylic acids is 1. The smallest absolute Gasteiger partial charge is 0.192 e. The molecular formula is C15H15NO4. The Labute approximate surface area is 115 Å². The van der Waals surface area contributed by atoms with Crippen LogP contribution < -0.4 is 0 Å². The van der Waals surface area contributed by atoms with Crippen molar-refractivity contribution in [3.63, 3.8) is 0 Å². The largest absolute Gasteiger partial charge is 0.507 e. The third-order valence-electron chi connectivity index (χ3n) is 3.79. The van der Waals surface area contributed by atoms with Crippen LogP contribution in [0, 0.1) is 6.92 Å². The third-order valence-corrected chi connectivity index (χ3v) is 3.79. The number of aryl methyl sites for hydroxylation is 1. The molecule has 0 fully saturated rings. The summed E-state index contributed by atoms with van der Waals surface area (Å²) in [5.41, 5.74) is 1.40. The molecule has 3 rings (SSSR count). The molecule has 2 atom stereocenters. The highest BCUT2D eigenvalue weighted by atomic mass is 16.5. The molecule has 0 bridgehead atoms. The van der Waals surface area contributed by atoms with E-state index in [9.17, 15) is 15.0 Å². The van der Waals surface area contributed by atoms with Gasteiger partial charge >= 0.3 is 0 Å². The summed E-state index contributed by atoms with van der Waals surface area (Å²) < 4.78 is 5.10. The number of phenols is 1. The minimum Gasteiger partial charge on any atom is -0.507 e. The molecule has 0 aliphatic heterocycles. The summed E-state index contributed by atoms with van der Waals surface area (Å²) in [7, 11) is 1.44. The SMILES string of the molecule is CO[C@@H]1CC(O)c2c(cc3cc(C)ncc3c2O)C1=O. The van der Waals surface area contributed by atoms with Crippen molar-refractivity contribution >= 4 is 16.6 Å². The first-order chi connectivity index (χ1) is 9.52. The van der Waals surface area contributed by atoms with Crippen molar-refractivity contribution in [2.24, 2.45) is 0 Å².